The van der Waals surface area contributed by atoms with Crippen LogP contribution in [0.4, 0.5) is 10.1 Å². The molecule has 0 unspecified atom stereocenters. The van der Waals surface area contributed by atoms with Crippen LogP contribution in [-0.4, -0.2) is 18.1 Å². The van der Waals surface area contributed by atoms with Gasteiger partial charge in [-0.2, -0.15) is 0 Å². The second-order valence-corrected chi connectivity index (χ2v) is 4.24. The van der Waals surface area contributed by atoms with E-state index in [1.807, 2.05) is 0 Å². The third-order valence-corrected chi connectivity index (χ3v) is 2.90. The first kappa shape index (κ1) is 13.1. The number of nitrogens with zero attached hydrogens (tertiary/aromatic N) is 1. The third-order valence-electron chi connectivity index (χ3n) is 2.90. The lowest BCUT2D eigenvalue weighted by molar-refractivity contribution is -0.117. The van der Waals surface area contributed by atoms with Gasteiger partial charge in [-0.05, 0) is 24.3 Å². The molecule has 3 nitrogen and oxygen atoms in total. The average molecular weight is 259 g/mol. The third kappa shape index (κ3) is 3.10. The maximum absolute atomic E-state index is 13.1. The molecule has 0 aliphatic rings. The molecule has 0 bridgehead atoms. The van der Waals surface area contributed by atoms with Gasteiger partial charge in [0.15, 0.2) is 0 Å². The molecule has 1 amide bonds. The van der Waals surface area contributed by atoms with Gasteiger partial charge < -0.3 is 10.0 Å². The average Bonchev–Trinajstić information content (AvgIpc) is 2.40. The Morgan fingerprint density at radius 1 is 1.21 bits per heavy atom. The van der Waals surface area contributed by atoms with Crippen molar-refractivity contribution in [1.29, 1.82) is 0 Å². The van der Waals surface area contributed by atoms with Crippen LogP contribution in [0.2, 0.25) is 0 Å². The number of likely N-dealkylation sites (N-methyl/N-ethyl adjacent to an activating group) is 1. The molecule has 0 saturated carbocycles. The van der Waals surface area contributed by atoms with Gasteiger partial charge in [-0.3, -0.25) is 4.79 Å². The van der Waals surface area contributed by atoms with Crippen molar-refractivity contribution < 1.29 is 14.3 Å². The molecule has 0 spiro atoms. The second kappa shape index (κ2) is 5.52. The summed E-state index contributed by atoms with van der Waals surface area (Å²) < 4.78 is 13.1. The van der Waals surface area contributed by atoms with Gasteiger partial charge in [0, 0.05) is 18.3 Å². The first-order valence-electron chi connectivity index (χ1n) is 5.87. The van der Waals surface area contributed by atoms with Crippen molar-refractivity contribution in [3.63, 3.8) is 0 Å². The lowest BCUT2D eigenvalue weighted by atomic mass is 10.1. The Labute approximate surface area is 110 Å². The highest BCUT2D eigenvalue weighted by Gasteiger charge is 2.13. The quantitative estimate of drug-likeness (QED) is 0.920. The van der Waals surface area contributed by atoms with Crippen LogP contribution in [0, 0.1) is 5.82 Å². The number of rotatable bonds is 3. The summed E-state index contributed by atoms with van der Waals surface area (Å²) in [4.78, 5) is 13.4. The summed E-state index contributed by atoms with van der Waals surface area (Å²) in [7, 11) is 1.58. The van der Waals surface area contributed by atoms with E-state index in [-0.39, 0.29) is 23.9 Å². The minimum Gasteiger partial charge on any atom is -0.508 e. The lowest BCUT2D eigenvalue weighted by Gasteiger charge is -2.17. The van der Waals surface area contributed by atoms with Gasteiger partial charge in [-0.15, -0.1) is 0 Å². The van der Waals surface area contributed by atoms with E-state index < -0.39 is 0 Å². The zero-order valence-corrected chi connectivity index (χ0v) is 10.5. The summed E-state index contributed by atoms with van der Waals surface area (Å²) in [6.07, 6.45) is 0.0691. The fourth-order valence-electron chi connectivity index (χ4n) is 1.77. The number of amides is 1. The molecule has 2 aromatic rings. The maximum Gasteiger partial charge on any atom is 0.231 e. The van der Waals surface area contributed by atoms with Crippen molar-refractivity contribution in [2.75, 3.05) is 11.9 Å². The first-order valence-corrected chi connectivity index (χ1v) is 5.87. The molecule has 0 radical (unpaired) electrons. The van der Waals surface area contributed by atoms with Gasteiger partial charge in [0.1, 0.15) is 11.6 Å². The smallest absolute Gasteiger partial charge is 0.231 e. The van der Waals surface area contributed by atoms with Crippen molar-refractivity contribution in [2.24, 2.45) is 0 Å². The van der Waals surface area contributed by atoms with Crippen LogP contribution in [0.15, 0.2) is 48.5 Å². The van der Waals surface area contributed by atoms with Crippen molar-refractivity contribution >= 4 is 11.6 Å². The van der Waals surface area contributed by atoms with Crippen LogP contribution < -0.4 is 4.90 Å². The zero-order valence-electron chi connectivity index (χ0n) is 10.5. The molecule has 0 aromatic heterocycles. The Bertz CT molecular complexity index is 598. The molecule has 0 aliphatic carbocycles. The van der Waals surface area contributed by atoms with Crippen LogP contribution in [0.5, 0.6) is 5.75 Å². The van der Waals surface area contributed by atoms with E-state index in [1.54, 1.807) is 37.4 Å². The van der Waals surface area contributed by atoms with E-state index in [9.17, 15) is 14.3 Å². The molecular weight excluding hydrogens is 245 g/mol. The number of carbonyl (C=O) groups excluding carboxylic acids is 1. The molecule has 2 rings (SSSR count). The van der Waals surface area contributed by atoms with E-state index in [2.05, 4.69) is 0 Å². The highest BCUT2D eigenvalue weighted by molar-refractivity contribution is 5.94. The number of anilines is 1. The molecule has 4 heteroatoms. The van der Waals surface area contributed by atoms with E-state index in [0.29, 0.717) is 11.3 Å². The van der Waals surface area contributed by atoms with E-state index in [0.717, 1.165) is 0 Å². The van der Waals surface area contributed by atoms with E-state index >= 15 is 0 Å². The number of para-hydroxylation sites is 1. The fourth-order valence-corrected chi connectivity index (χ4v) is 1.77. The number of carbonyl (C=O) groups is 1. The molecular formula is C15H14FNO2. The van der Waals surface area contributed by atoms with Gasteiger partial charge in [0.2, 0.25) is 5.91 Å². The largest absolute Gasteiger partial charge is 0.508 e. The fraction of sp³-hybridized carbons (Fsp3) is 0.133. The summed E-state index contributed by atoms with van der Waals surface area (Å²) in [5, 5.41) is 9.63. The number of phenolic OH excluding ortho intramolecular Hbond substituents is 1. The zero-order chi connectivity index (χ0) is 13.8. The van der Waals surface area contributed by atoms with Gasteiger partial charge >= 0.3 is 0 Å². The Morgan fingerprint density at radius 2 is 1.95 bits per heavy atom. The van der Waals surface area contributed by atoms with Crippen LogP contribution >= 0.6 is 0 Å². The van der Waals surface area contributed by atoms with Crippen LogP contribution in [0.1, 0.15) is 5.56 Å². The normalized spacial score (nSPS) is 10.2. The summed E-state index contributed by atoms with van der Waals surface area (Å²) in [6, 6.07) is 12.5. The molecule has 0 saturated heterocycles. The minimum atomic E-state index is -0.389. The maximum atomic E-state index is 13.1. The monoisotopic (exact) mass is 259 g/mol. The number of halogens is 1. The van der Waals surface area contributed by atoms with Gasteiger partial charge in [0.25, 0.3) is 0 Å². The molecule has 19 heavy (non-hydrogen) atoms. The van der Waals surface area contributed by atoms with Crippen molar-refractivity contribution in [3.05, 3.63) is 59.9 Å². The van der Waals surface area contributed by atoms with Crippen molar-refractivity contribution in [3.8, 4) is 5.75 Å². The second-order valence-electron chi connectivity index (χ2n) is 4.24. The van der Waals surface area contributed by atoms with E-state index in [1.165, 1.54) is 23.1 Å². The van der Waals surface area contributed by atoms with E-state index in [4.69, 9.17) is 0 Å². The number of phenols is 1. The van der Waals surface area contributed by atoms with Crippen molar-refractivity contribution in [1.82, 2.24) is 0 Å². The predicted octanol–water partition coefficient (Wildman–Crippen LogP) is 2.74. The molecule has 1 N–H and O–H groups in total. The predicted molar refractivity (Wildman–Crippen MR) is 71.6 cm³/mol. The van der Waals surface area contributed by atoms with Crippen LogP contribution in [0.25, 0.3) is 0 Å². The van der Waals surface area contributed by atoms with Gasteiger partial charge in [-0.25, -0.2) is 4.39 Å². The Kier molecular flexibility index (Phi) is 3.80. The Hall–Kier alpha value is -2.36. The first-order chi connectivity index (χ1) is 9.08. The highest BCUT2D eigenvalue weighted by Crippen LogP contribution is 2.19. The minimum absolute atomic E-state index is 0.0691. The van der Waals surface area contributed by atoms with Crippen LogP contribution in [0.3, 0.4) is 0 Å². The molecule has 0 atom stereocenters. The SMILES string of the molecule is CN(C(=O)Cc1ccccc1O)c1cccc(F)c1. The molecule has 0 heterocycles. The van der Waals surface area contributed by atoms with Crippen LogP contribution in [-0.2, 0) is 11.2 Å². The lowest BCUT2D eigenvalue weighted by Crippen LogP contribution is -2.27. The summed E-state index contributed by atoms with van der Waals surface area (Å²) in [6.45, 7) is 0. The van der Waals surface area contributed by atoms with Gasteiger partial charge in [-0.1, -0.05) is 24.3 Å². The molecule has 2 aromatic carbocycles. The molecule has 0 fully saturated rings. The van der Waals surface area contributed by atoms with Gasteiger partial charge in [0.05, 0.1) is 6.42 Å². The van der Waals surface area contributed by atoms with Crippen molar-refractivity contribution in [2.45, 2.75) is 6.42 Å². The summed E-state index contributed by atoms with van der Waals surface area (Å²) in [5.74, 6) is -0.518. The summed E-state index contributed by atoms with van der Waals surface area (Å²) >= 11 is 0. The number of hydrogen-bond donors (Lipinski definition) is 1. The molecule has 98 valence electrons. The topological polar surface area (TPSA) is 40.5 Å². The Morgan fingerprint density at radius 3 is 2.63 bits per heavy atom. The Balaban J connectivity index is 2.14. The molecule has 0 aliphatic heterocycles. The highest BCUT2D eigenvalue weighted by atomic mass is 19.1. The number of hydrogen-bond acceptors (Lipinski definition) is 2. The summed E-state index contributed by atoms with van der Waals surface area (Å²) in [5.41, 5.74) is 1.04. The number of benzene rings is 2. The standard InChI is InChI=1S/C15H14FNO2/c1-17(13-7-4-6-12(16)10-13)15(19)9-11-5-2-3-8-14(11)18/h2-8,10,18H,9H2,1H3. The number of aromatic hydroxyl groups is 1.